The lowest BCUT2D eigenvalue weighted by molar-refractivity contribution is -0.149. The van der Waals surface area contributed by atoms with Crippen molar-refractivity contribution in [3.05, 3.63) is 29.6 Å². The number of rotatable bonds is 6. The first kappa shape index (κ1) is 15.4. The number of benzene rings is 1. The van der Waals surface area contributed by atoms with Gasteiger partial charge in [-0.1, -0.05) is 12.1 Å². The second-order valence-electron chi connectivity index (χ2n) is 4.62. The highest BCUT2D eigenvalue weighted by molar-refractivity contribution is 5.79. The molecule has 0 bridgehead atoms. The molecule has 19 heavy (non-hydrogen) atoms. The van der Waals surface area contributed by atoms with Crippen LogP contribution in [0.4, 0.5) is 4.39 Å². The summed E-state index contributed by atoms with van der Waals surface area (Å²) in [6.45, 7) is 5.37. The van der Waals surface area contributed by atoms with Gasteiger partial charge in [-0.05, 0) is 32.4 Å². The SMILES string of the molecule is CCOC(=O)C(C)(N)CCOc1cccc(C)c1F. The summed E-state index contributed by atoms with van der Waals surface area (Å²) in [6, 6.07) is 4.91. The van der Waals surface area contributed by atoms with Crippen molar-refractivity contribution in [2.24, 2.45) is 5.73 Å². The predicted octanol–water partition coefficient (Wildman–Crippen LogP) is 2.18. The molecule has 1 unspecified atom stereocenters. The largest absolute Gasteiger partial charge is 0.490 e. The molecule has 1 atom stereocenters. The van der Waals surface area contributed by atoms with Gasteiger partial charge in [0.15, 0.2) is 11.6 Å². The van der Waals surface area contributed by atoms with Gasteiger partial charge in [0.25, 0.3) is 0 Å². The van der Waals surface area contributed by atoms with Gasteiger partial charge in [0, 0.05) is 6.42 Å². The molecule has 0 aliphatic carbocycles. The molecular formula is C14H20FNO3. The molecule has 1 aromatic rings. The Morgan fingerprint density at radius 1 is 1.47 bits per heavy atom. The van der Waals surface area contributed by atoms with E-state index in [1.54, 1.807) is 39.0 Å². The summed E-state index contributed by atoms with van der Waals surface area (Å²) in [5.41, 5.74) is 5.21. The van der Waals surface area contributed by atoms with E-state index in [0.717, 1.165) is 0 Å². The highest BCUT2D eigenvalue weighted by atomic mass is 19.1. The first-order valence-electron chi connectivity index (χ1n) is 6.22. The maximum atomic E-state index is 13.7. The lowest BCUT2D eigenvalue weighted by Gasteiger charge is -2.22. The third-order valence-corrected chi connectivity index (χ3v) is 2.78. The van der Waals surface area contributed by atoms with Crippen LogP contribution in [0.3, 0.4) is 0 Å². The highest BCUT2D eigenvalue weighted by Crippen LogP contribution is 2.20. The molecule has 0 fully saturated rings. The fourth-order valence-electron chi connectivity index (χ4n) is 1.50. The molecule has 0 radical (unpaired) electrons. The molecule has 2 N–H and O–H groups in total. The lowest BCUT2D eigenvalue weighted by atomic mass is 10.0. The van der Waals surface area contributed by atoms with Crippen LogP contribution in [0.5, 0.6) is 5.75 Å². The van der Waals surface area contributed by atoms with Gasteiger partial charge >= 0.3 is 5.97 Å². The zero-order chi connectivity index (χ0) is 14.5. The summed E-state index contributed by atoms with van der Waals surface area (Å²) >= 11 is 0. The predicted molar refractivity (Wildman–Crippen MR) is 70.5 cm³/mol. The molecule has 0 aliphatic rings. The number of hydrogen-bond donors (Lipinski definition) is 1. The normalized spacial score (nSPS) is 13.7. The molecule has 0 amide bonds. The Kier molecular flexibility index (Phi) is 5.30. The molecule has 106 valence electrons. The summed E-state index contributed by atoms with van der Waals surface area (Å²) in [7, 11) is 0. The third kappa shape index (κ3) is 4.21. The number of hydrogen-bond acceptors (Lipinski definition) is 4. The smallest absolute Gasteiger partial charge is 0.325 e. The fraction of sp³-hybridized carbons (Fsp3) is 0.500. The fourth-order valence-corrected chi connectivity index (χ4v) is 1.50. The maximum absolute atomic E-state index is 13.7. The van der Waals surface area contributed by atoms with Gasteiger partial charge in [0.1, 0.15) is 5.54 Å². The Balaban J connectivity index is 2.54. The van der Waals surface area contributed by atoms with Crippen molar-refractivity contribution in [2.75, 3.05) is 13.2 Å². The number of esters is 1. The summed E-state index contributed by atoms with van der Waals surface area (Å²) in [4.78, 5) is 11.6. The van der Waals surface area contributed by atoms with E-state index in [2.05, 4.69) is 0 Å². The summed E-state index contributed by atoms with van der Waals surface area (Å²) in [5.74, 6) is -0.708. The number of carbonyl (C=O) groups excluding carboxylic acids is 1. The van der Waals surface area contributed by atoms with Gasteiger partial charge in [-0.2, -0.15) is 0 Å². The zero-order valence-corrected chi connectivity index (χ0v) is 11.5. The number of carbonyl (C=O) groups is 1. The molecule has 0 spiro atoms. The molecule has 4 nitrogen and oxygen atoms in total. The van der Waals surface area contributed by atoms with Crippen molar-refractivity contribution in [1.29, 1.82) is 0 Å². The molecule has 1 aromatic carbocycles. The van der Waals surface area contributed by atoms with E-state index in [-0.39, 0.29) is 25.4 Å². The second-order valence-corrected chi connectivity index (χ2v) is 4.62. The van der Waals surface area contributed by atoms with Gasteiger partial charge < -0.3 is 15.2 Å². The summed E-state index contributed by atoms with van der Waals surface area (Å²) < 4.78 is 23.8. The zero-order valence-electron chi connectivity index (χ0n) is 11.5. The average Bonchev–Trinajstić information content (AvgIpc) is 2.34. The maximum Gasteiger partial charge on any atom is 0.325 e. The minimum absolute atomic E-state index is 0.145. The lowest BCUT2D eigenvalue weighted by Crippen LogP contribution is -2.47. The molecular weight excluding hydrogens is 249 g/mol. The van der Waals surface area contributed by atoms with Crippen LogP contribution in [-0.2, 0) is 9.53 Å². The van der Waals surface area contributed by atoms with E-state index < -0.39 is 17.3 Å². The van der Waals surface area contributed by atoms with E-state index >= 15 is 0 Å². The third-order valence-electron chi connectivity index (χ3n) is 2.78. The molecule has 0 saturated heterocycles. The van der Waals surface area contributed by atoms with Crippen LogP contribution in [0.2, 0.25) is 0 Å². The Bertz CT molecular complexity index is 446. The summed E-state index contributed by atoms with van der Waals surface area (Å²) in [5, 5.41) is 0. The van der Waals surface area contributed by atoms with E-state index in [1.807, 2.05) is 0 Å². The molecule has 0 aliphatic heterocycles. The Labute approximate surface area is 112 Å². The van der Waals surface area contributed by atoms with Crippen LogP contribution in [-0.4, -0.2) is 24.7 Å². The van der Waals surface area contributed by atoms with Crippen LogP contribution < -0.4 is 10.5 Å². The Hall–Kier alpha value is -1.62. The van der Waals surface area contributed by atoms with Crippen molar-refractivity contribution in [1.82, 2.24) is 0 Å². The van der Waals surface area contributed by atoms with Crippen LogP contribution in [0.15, 0.2) is 18.2 Å². The number of halogens is 1. The molecule has 1 rings (SSSR count). The number of nitrogens with two attached hydrogens (primary N) is 1. The van der Waals surface area contributed by atoms with Gasteiger partial charge in [0.05, 0.1) is 13.2 Å². The first-order chi connectivity index (χ1) is 8.88. The molecule has 5 heteroatoms. The minimum atomic E-state index is -1.13. The second kappa shape index (κ2) is 6.52. The van der Waals surface area contributed by atoms with Crippen LogP contribution >= 0.6 is 0 Å². The quantitative estimate of drug-likeness (QED) is 0.804. The number of ether oxygens (including phenoxy) is 2. The van der Waals surface area contributed by atoms with Crippen molar-refractivity contribution in [3.8, 4) is 5.75 Å². The Morgan fingerprint density at radius 3 is 2.79 bits per heavy atom. The van der Waals surface area contributed by atoms with E-state index in [4.69, 9.17) is 15.2 Å². The van der Waals surface area contributed by atoms with E-state index in [0.29, 0.717) is 5.56 Å². The van der Waals surface area contributed by atoms with Gasteiger partial charge in [-0.25, -0.2) is 4.39 Å². The summed E-state index contributed by atoms with van der Waals surface area (Å²) in [6.07, 6.45) is 0.249. The molecule has 0 saturated carbocycles. The standard InChI is InChI=1S/C14H20FNO3/c1-4-18-13(17)14(3,16)8-9-19-11-7-5-6-10(2)12(11)15/h5-7H,4,8-9,16H2,1-3H3. The van der Waals surface area contributed by atoms with Crippen molar-refractivity contribution in [3.63, 3.8) is 0 Å². The van der Waals surface area contributed by atoms with Gasteiger partial charge in [-0.15, -0.1) is 0 Å². The Morgan fingerprint density at radius 2 is 2.16 bits per heavy atom. The first-order valence-corrected chi connectivity index (χ1v) is 6.22. The highest BCUT2D eigenvalue weighted by Gasteiger charge is 2.29. The van der Waals surface area contributed by atoms with E-state index in [9.17, 15) is 9.18 Å². The number of aryl methyl sites for hydroxylation is 1. The van der Waals surface area contributed by atoms with Crippen LogP contribution in [0.25, 0.3) is 0 Å². The van der Waals surface area contributed by atoms with Crippen molar-refractivity contribution >= 4 is 5.97 Å². The van der Waals surface area contributed by atoms with E-state index in [1.165, 1.54) is 0 Å². The van der Waals surface area contributed by atoms with Crippen LogP contribution in [0.1, 0.15) is 25.8 Å². The van der Waals surface area contributed by atoms with Gasteiger partial charge in [0.2, 0.25) is 0 Å². The van der Waals surface area contributed by atoms with Crippen molar-refractivity contribution in [2.45, 2.75) is 32.7 Å². The molecule has 0 heterocycles. The topological polar surface area (TPSA) is 61.5 Å². The monoisotopic (exact) mass is 269 g/mol. The molecule has 0 aromatic heterocycles. The van der Waals surface area contributed by atoms with Crippen LogP contribution in [0, 0.1) is 12.7 Å². The minimum Gasteiger partial charge on any atom is -0.490 e. The van der Waals surface area contributed by atoms with Gasteiger partial charge in [-0.3, -0.25) is 4.79 Å². The van der Waals surface area contributed by atoms with Crippen molar-refractivity contribution < 1.29 is 18.7 Å². The average molecular weight is 269 g/mol.